The predicted molar refractivity (Wildman–Crippen MR) is 102 cm³/mol. The zero-order chi connectivity index (χ0) is 18.3. The molecule has 4 rings (SSSR count). The molecule has 132 valence electrons. The summed E-state index contributed by atoms with van der Waals surface area (Å²) in [6.45, 7) is 7.59. The van der Waals surface area contributed by atoms with Crippen molar-refractivity contribution in [3.05, 3.63) is 84.0 Å². The summed E-state index contributed by atoms with van der Waals surface area (Å²) in [4.78, 5) is 4.29. The largest absolute Gasteiger partial charge is 0.465 e. The number of imidazole rings is 1. The number of nitrogens with zero attached hydrogens (tertiary/aromatic N) is 2. The Bertz CT molecular complexity index is 974. The maximum absolute atomic E-state index is 11.0. The van der Waals surface area contributed by atoms with Gasteiger partial charge in [-0.05, 0) is 48.2 Å². The second-order valence-corrected chi connectivity index (χ2v) is 6.80. The summed E-state index contributed by atoms with van der Waals surface area (Å²) >= 11 is 0. The van der Waals surface area contributed by atoms with E-state index >= 15 is 0 Å². The average Bonchev–Trinajstić information content (AvgIpc) is 3.21. The van der Waals surface area contributed by atoms with Gasteiger partial charge in [-0.1, -0.05) is 30.8 Å². The molecule has 0 saturated heterocycles. The van der Waals surface area contributed by atoms with Crippen LogP contribution in [0.25, 0.3) is 11.3 Å². The molecule has 0 aliphatic carbocycles. The topological polar surface area (TPSA) is 47.3 Å². The fourth-order valence-electron chi connectivity index (χ4n) is 3.90. The first-order valence-electron chi connectivity index (χ1n) is 8.78. The monoisotopic (exact) mass is 346 g/mol. The minimum absolute atomic E-state index is 0.0857. The zero-order valence-corrected chi connectivity index (χ0v) is 15.0. The quantitative estimate of drug-likeness (QED) is 0.680. The second-order valence-electron chi connectivity index (χ2n) is 6.80. The molecule has 4 heteroatoms. The van der Waals surface area contributed by atoms with Gasteiger partial charge in [-0.2, -0.15) is 0 Å². The van der Waals surface area contributed by atoms with Gasteiger partial charge < -0.3 is 14.4 Å². The van der Waals surface area contributed by atoms with Crippen LogP contribution in [0.3, 0.4) is 0 Å². The molecule has 1 aromatic heterocycles. The van der Waals surface area contributed by atoms with E-state index in [2.05, 4.69) is 34.3 Å². The van der Waals surface area contributed by atoms with E-state index in [1.807, 2.05) is 44.6 Å². The highest BCUT2D eigenvalue weighted by Gasteiger charge is 2.30. The smallest absolute Gasteiger partial charge is 0.129 e. The zero-order valence-electron chi connectivity index (χ0n) is 15.0. The minimum atomic E-state index is -0.571. The molecule has 0 fully saturated rings. The van der Waals surface area contributed by atoms with Gasteiger partial charge in [-0.15, -0.1) is 0 Å². The van der Waals surface area contributed by atoms with E-state index in [1.165, 1.54) is 17.4 Å². The Morgan fingerprint density at radius 3 is 2.88 bits per heavy atom. The van der Waals surface area contributed by atoms with Crippen molar-refractivity contribution in [3.8, 4) is 17.0 Å². The third-order valence-electron chi connectivity index (χ3n) is 5.18. The van der Waals surface area contributed by atoms with Gasteiger partial charge in [0.05, 0.1) is 36.6 Å². The summed E-state index contributed by atoms with van der Waals surface area (Å²) in [5, 5.41) is 11.0. The lowest BCUT2D eigenvalue weighted by molar-refractivity contribution is 0.153. The number of aliphatic hydroxyl groups is 1. The Labute approximate surface area is 153 Å². The van der Waals surface area contributed by atoms with Gasteiger partial charge in [0.2, 0.25) is 0 Å². The number of aliphatic hydroxyl groups excluding tert-OH is 1. The Morgan fingerprint density at radius 1 is 1.27 bits per heavy atom. The van der Waals surface area contributed by atoms with Crippen molar-refractivity contribution in [2.45, 2.75) is 32.4 Å². The van der Waals surface area contributed by atoms with Crippen LogP contribution in [0.4, 0.5) is 0 Å². The van der Waals surface area contributed by atoms with Crippen LogP contribution >= 0.6 is 0 Å². The van der Waals surface area contributed by atoms with Crippen molar-refractivity contribution in [2.24, 2.45) is 0 Å². The number of fused-ring (bicyclic) bond motifs is 3. The average molecular weight is 346 g/mol. The van der Waals surface area contributed by atoms with Crippen LogP contribution in [0.2, 0.25) is 0 Å². The molecule has 1 N–H and O–H groups in total. The number of hydrogen-bond donors (Lipinski definition) is 1. The van der Waals surface area contributed by atoms with Gasteiger partial charge in [0.15, 0.2) is 0 Å². The number of aromatic nitrogens is 2. The van der Waals surface area contributed by atoms with E-state index < -0.39 is 6.10 Å². The van der Waals surface area contributed by atoms with Gasteiger partial charge in [-0.3, -0.25) is 0 Å². The molecule has 1 aliphatic heterocycles. The predicted octanol–water partition coefficient (Wildman–Crippen LogP) is 4.72. The molecular formula is C22H22N2O2. The number of rotatable bonds is 5. The maximum Gasteiger partial charge on any atom is 0.129 e. The first-order valence-corrected chi connectivity index (χ1v) is 8.78. The highest BCUT2D eigenvalue weighted by atomic mass is 16.5. The SMILES string of the molecule is C=COc1cc(C)c(C(O)CC2c3ccccc3-c3cncn32)cc1C. The van der Waals surface area contributed by atoms with Gasteiger partial charge in [0.25, 0.3) is 0 Å². The van der Waals surface area contributed by atoms with Crippen LogP contribution in [-0.2, 0) is 0 Å². The number of benzene rings is 2. The van der Waals surface area contributed by atoms with Gasteiger partial charge in [0.1, 0.15) is 5.75 Å². The van der Waals surface area contributed by atoms with E-state index in [0.717, 1.165) is 28.1 Å². The molecule has 26 heavy (non-hydrogen) atoms. The first kappa shape index (κ1) is 16.6. The van der Waals surface area contributed by atoms with Crippen LogP contribution in [0.5, 0.6) is 5.75 Å². The Kier molecular flexibility index (Phi) is 4.13. The Balaban J connectivity index is 1.66. The normalized spacial score (nSPS) is 16.0. The van der Waals surface area contributed by atoms with E-state index in [9.17, 15) is 5.11 Å². The number of ether oxygens (including phenoxy) is 1. The van der Waals surface area contributed by atoms with Crippen LogP contribution in [0, 0.1) is 13.8 Å². The Hall–Kier alpha value is -2.85. The van der Waals surface area contributed by atoms with Crippen LogP contribution in [0.15, 0.2) is 61.8 Å². The highest BCUT2D eigenvalue weighted by molar-refractivity contribution is 5.69. The molecule has 2 unspecified atom stereocenters. The molecule has 2 heterocycles. The maximum atomic E-state index is 11.0. The molecule has 3 aromatic rings. The van der Waals surface area contributed by atoms with E-state index in [0.29, 0.717) is 6.42 Å². The molecule has 0 bridgehead atoms. The molecule has 0 amide bonds. The Morgan fingerprint density at radius 2 is 2.08 bits per heavy atom. The van der Waals surface area contributed by atoms with Crippen molar-refractivity contribution >= 4 is 0 Å². The van der Waals surface area contributed by atoms with Crippen molar-refractivity contribution < 1.29 is 9.84 Å². The van der Waals surface area contributed by atoms with E-state index in [4.69, 9.17) is 4.74 Å². The molecule has 2 atom stereocenters. The standard InChI is InChI=1S/C22H22N2O2/c1-4-26-22-10-14(2)18(9-15(22)3)21(25)11-19-16-7-5-6-8-17(16)20-12-23-13-24(19)20/h4-10,12-13,19,21,25H,1,11H2,2-3H3. The fourth-order valence-corrected chi connectivity index (χ4v) is 3.90. The molecule has 2 aromatic carbocycles. The van der Waals surface area contributed by atoms with Crippen molar-refractivity contribution in [1.29, 1.82) is 0 Å². The van der Waals surface area contributed by atoms with Gasteiger partial charge in [0, 0.05) is 12.0 Å². The van der Waals surface area contributed by atoms with Gasteiger partial charge in [-0.25, -0.2) is 4.98 Å². The summed E-state index contributed by atoms with van der Waals surface area (Å²) in [7, 11) is 0. The lowest BCUT2D eigenvalue weighted by Crippen LogP contribution is -2.11. The third kappa shape index (κ3) is 2.63. The van der Waals surface area contributed by atoms with Crippen molar-refractivity contribution in [1.82, 2.24) is 9.55 Å². The lowest BCUT2D eigenvalue weighted by Gasteiger charge is -2.21. The molecule has 1 aliphatic rings. The van der Waals surface area contributed by atoms with E-state index in [1.54, 1.807) is 0 Å². The summed E-state index contributed by atoms with van der Waals surface area (Å²) < 4.78 is 7.60. The summed E-state index contributed by atoms with van der Waals surface area (Å²) in [5.41, 5.74) is 6.48. The van der Waals surface area contributed by atoms with Crippen LogP contribution in [-0.4, -0.2) is 14.7 Å². The number of aryl methyl sites for hydroxylation is 2. The van der Waals surface area contributed by atoms with Gasteiger partial charge >= 0.3 is 0 Å². The molecule has 0 radical (unpaired) electrons. The second kappa shape index (κ2) is 6.46. The molecule has 4 nitrogen and oxygen atoms in total. The first-order chi connectivity index (χ1) is 12.6. The summed E-state index contributed by atoms with van der Waals surface area (Å²) in [5.74, 6) is 0.775. The molecular weight excluding hydrogens is 324 g/mol. The van der Waals surface area contributed by atoms with Crippen LogP contribution in [0.1, 0.15) is 40.8 Å². The van der Waals surface area contributed by atoms with Crippen molar-refractivity contribution in [3.63, 3.8) is 0 Å². The minimum Gasteiger partial charge on any atom is -0.465 e. The fraction of sp³-hybridized carbons (Fsp3) is 0.227. The highest BCUT2D eigenvalue weighted by Crippen LogP contribution is 2.43. The van der Waals surface area contributed by atoms with E-state index in [-0.39, 0.29) is 6.04 Å². The number of hydrogen-bond acceptors (Lipinski definition) is 3. The van der Waals surface area contributed by atoms with Crippen molar-refractivity contribution in [2.75, 3.05) is 0 Å². The lowest BCUT2D eigenvalue weighted by atomic mass is 9.92. The summed E-state index contributed by atoms with van der Waals surface area (Å²) in [6, 6.07) is 12.4. The third-order valence-corrected chi connectivity index (χ3v) is 5.18. The molecule has 0 spiro atoms. The summed E-state index contributed by atoms with van der Waals surface area (Å²) in [6.07, 6.45) is 5.20. The molecule has 0 saturated carbocycles. The van der Waals surface area contributed by atoms with Crippen LogP contribution < -0.4 is 4.74 Å².